The molecule has 21 heavy (non-hydrogen) atoms. The normalized spacial score (nSPS) is 17.4. The van der Waals surface area contributed by atoms with Crippen LogP contribution < -0.4 is 5.32 Å². The van der Waals surface area contributed by atoms with Crippen LogP contribution in [-0.2, 0) is 10.0 Å². The van der Waals surface area contributed by atoms with Gasteiger partial charge in [-0.05, 0) is 72.4 Å². The summed E-state index contributed by atoms with van der Waals surface area (Å²) in [4.78, 5) is 0.316. The van der Waals surface area contributed by atoms with Gasteiger partial charge in [0.05, 0.1) is 4.90 Å². The second-order valence-corrected chi connectivity index (χ2v) is 9.23. The molecule has 0 amide bonds. The van der Waals surface area contributed by atoms with Crippen LogP contribution in [0.25, 0.3) is 0 Å². The fourth-order valence-corrected chi connectivity index (χ4v) is 5.40. The number of aryl methyl sites for hydroxylation is 1. The van der Waals surface area contributed by atoms with Gasteiger partial charge in [0.15, 0.2) is 0 Å². The fraction of sp³-hybridized carbons (Fsp3) is 0.571. The van der Waals surface area contributed by atoms with Crippen molar-refractivity contribution in [2.45, 2.75) is 24.7 Å². The molecule has 1 fully saturated rings. The molecule has 1 aromatic carbocycles. The molecule has 118 valence electrons. The van der Waals surface area contributed by atoms with Crippen LogP contribution in [0.2, 0.25) is 0 Å². The summed E-state index contributed by atoms with van der Waals surface area (Å²) in [6.07, 6.45) is 2.05. The van der Waals surface area contributed by atoms with Crippen LogP contribution in [0.3, 0.4) is 0 Å². The molecular formula is C14H20Br2N2O2S. The first kappa shape index (κ1) is 17.4. The molecule has 0 radical (unpaired) electrons. The predicted octanol–water partition coefficient (Wildman–Crippen LogP) is 3.14. The molecule has 1 N–H and O–H groups in total. The summed E-state index contributed by atoms with van der Waals surface area (Å²) in [7, 11) is -1.81. The summed E-state index contributed by atoms with van der Waals surface area (Å²) in [6, 6.07) is 3.50. The van der Waals surface area contributed by atoms with Crippen LogP contribution in [0, 0.1) is 12.8 Å². The smallest absolute Gasteiger partial charge is 0.243 e. The van der Waals surface area contributed by atoms with E-state index >= 15 is 0 Å². The largest absolute Gasteiger partial charge is 0.317 e. The molecule has 1 aliphatic heterocycles. The summed E-state index contributed by atoms with van der Waals surface area (Å²) in [5, 5.41) is 3.30. The number of rotatable bonds is 4. The SMILES string of the molecule is Cc1cc(Br)c(S(=O)(=O)N(C)CC2CCNCC2)cc1Br. The Hall–Kier alpha value is 0.0500. The highest BCUT2D eigenvalue weighted by Gasteiger charge is 2.27. The van der Waals surface area contributed by atoms with Crippen LogP contribution in [0.5, 0.6) is 0 Å². The van der Waals surface area contributed by atoms with Crippen molar-refractivity contribution < 1.29 is 8.42 Å². The van der Waals surface area contributed by atoms with Gasteiger partial charge in [-0.15, -0.1) is 0 Å². The second-order valence-electron chi connectivity index (χ2n) is 5.51. The fourth-order valence-electron chi connectivity index (χ4n) is 2.52. The van der Waals surface area contributed by atoms with Crippen LogP contribution >= 0.6 is 31.9 Å². The topological polar surface area (TPSA) is 49.4 Å². The van der Waals surface area contributed by atoms with Crippen molar-refractivity contribution in [1.82, 2.24) is 9.62 Å². The van der Waals surface area contributed by atoms with Crippen molar-refractivity contribution in [1.29, 1.82) is 0 Å². The average Bonchev–Trinajstić information content (AvgIpc) is 2.43. The number of nitrogens with zero attached hydrogens (tertiary/aromatic N) is 1. The van der Waals surface area contributed by atoms with Crippen molar-refractivity contribution >= 4 is 41.9 Å². The molecule has 0 saturated carbocycles. The minimum absolute atomic E-state index is 0.316. The second kappa shape index (κ2) is 7.08. The van der Waals surface area contributed by atoms with Crippen molar-refractivity contribution in [3.8, 4) is 0 Å². The van der Waals surface area contributed by atoms with Gasteiger partial charge in [0.2, 0.25) is 10.0 Å². The van der Waals surface area contributed by atoms with E-state index in [4.69, 9.17) is 0 Å². The minimum atomic E-state index is -3.47. The molecule has 0 unspecified atom stereocenters. The van der Waals surface area contributed by atoms with Gasteiger partial charge in [0, 0.05) is 22.5 Å². The van der Waals surface area contributed by atoms with Crippen molar-refractivity contribution in [2.75, 3.05) is 26.7 Å². The summed E-state index contributed by atoms with van der Waals surface area (Å²) < 4.78 is 28.4. The van der Waals surface area contributed by atoms with Crippen LogP contribution in [0.1, 0.15) is 18.4 Å². The number of nitrogens with one attached hydrogen (secondary N) is 1. The van der Waals surface area contributed by atoms with Crippen LogP contribution in [0.15, 0.2) is 26.0 Å². The Morgan fingerprint density at radius 3 is 2.48 bits per heavy atom. The van der Waals surface area contributed by atoms with Gasteiger partial charge in [-0.25, -0.2) is 12.7 Å². The van der Waals surface area contributed by atoms with E-state index in [1.165, 1.54) is 4.31 Å². The zero-order chi connectivity index (χ0) is 15.6. The zero-order valence-electron chi connectivity index (χ0n) is 12.2. The highest BCUT2D eigenvalue weighted by atomic mass is 79.9. The maximum atomic E-state index is 12.7. The van der Waals surface area contributed by atoms with Gasteiger partial charge in [0.25, 0.3) is 0 Å². The zero-order valence-corrected chi connectivity index (χ0v) is 16.2. The van der Waals surface area contributed by atoms with Crippen LogP contribution in [-0.4, -0.2) is 39.4 Å². The van der Waals surface area contributed by atoms with Gasteiger partial charge in [-0.3, -0.25) is 0 Å². The van der Waals surface area contributed by atoms with E-state index in [0.717, 1.165) is 36.0 Å². The molecule has 0 atom stereocenters. The van der Waals surface area contributed by atoms with Crippen LogP contribution in [0.4, 0.5) is 0 Å². The molecule has 1 aromatic rings. The number of piperidine rings is 1. The lowest BCUT2D eigenvalue weighted by Crippen LogP contribution is -2.37. The Morgan fingerprint density at radius 2 is 1.86 bits per heavy atom. The maximum Gasteiger partial charge on any atom is 0.243 e. The third-order valence-electron chi connectivity index (χ3n) is 3.88. The van der Waals surface area contributed by atoms with Crippen molar-refractivity contribution in [3.63, 3.8) is 0 Å². The highest BCUT2D eigenvalue weighted by Crippen LogP contribution is 2.31. The lowest BCUT2D eigenvalue weighted by molar-refractivity contribution is 0.311. The lowest BCUT2D eigenvalue weighted by atomic mass is 9.98. The lowest BCUT2D eigenvalue weighted by Gasteiger charge is -2.27. The Labute approximate surface area is 143 Å². The molecule has 4 nitrogen and oxygen atoms in total. The molecule has 1 saturated heterocycles. The van der Waals surface area contributed by atoms with E-state index in [1.54, 1.807) is 13.1 Å². The number of hydrogen-bond acceptors (Lipinski definition) is 3. The molecule has 0 aliphatic carbocycles. The Balaban J connectivity index is 2.22. The first-order chi connectivity index (χ1) is 9.82. The Bertz CT molecular complexity index is 614. The predicted molar refractivity (Wildman–Crippen MR) is 92.0 cm³/mol. The number of sulfonamides is 1. The van der Waals surface area contributed by atoms with E-state index in [0.29, 0.717) is 21.8 Å². The third-order valence-corrected chi connectivity index (χ3v) is 7.51. The maximum absolute atomic E-state index is 12.7. The van der Waals surface area contributed by atoms with E-state index in [9.17, 15) is 8.42 Å². The molecular weight excluding hydrogens is 420 g/mol. The number of halogens is 2. The summed E-state index contributed by atoms with van der Waals surface area (Å²) >= 11 is 6.78. The van der Waals surface area contributed by atoms with Gasteiger partial charge >= 0.3 is 0 Å². The minimum Gasteiger partial charge on any atom is -0.317 e. The van der Waals surface area contributed by atoms with E-state index in [1.807, 2.05) is 13.0 Å². The standard InChI is InChI=1S/C14H20Br2N2O2S/c1-10-7-13(16)14(8-12(10)15)21(19,20)18(2)9-11-3-5-17-6-4-11/h7-8,11,17H,3-6,9H2,1-2H3. The molecule has 1 aliphatic rings. The first-order valence-corrected chi connectivity index (χ1v) is 9.97. The van der Waals surface area contributed by atoms with E-state index < -0.39 is 10.0 Å². The van der Waals surface area contributed by atoms with Crippen molar-refractivity contribution in [2.24, 2.45) is 5.92 Å². The summed E-state index contributed by atoms with van der Waals surface area (Å²) in [6.45, 7) is 4.45. The number of hydrogen-bond donors (Lipinski definition) is 1. The quantitative estimate of drug-likeness (QED) is 0.783. The van der Waals surface area contributed by atoms with Gasteiger partial charge in [0.1, 0.15) is 0 Å². The van der Waals surface area contributed by atoms with Gasteiger partial charge < -0.3 is 5.32 Å². The Kier molecular flexibility index (Phi) is 5.87. The van der Waals surface area contributed by atoms with Crippen molar-refractivity contribution in [3.05, 3.63) is 26.6 Å². The molecule has 1 heterocycles. The average molecular weight is 440 g/mol. The molecule has 0 aromatic heterocycles. The van der Waals surface area contributed by atoms with E-state index in [-0.39, 0.29) is 0 Å². The highest BCUT2D eigenvalue weighted by molar-refractivity contribution is 9.11. The monoisotopic (exact) mass is 438 g/mol. The molecule has 0 spiro atoms. The van der Waals surface area contributed by atoms with Gasteiger partial charge in [-0.2, -0.15) is 0 Å². The Morgan fingerprint density at radius 1 is 1.24 bits per heavy atom. The molecule has 0 bridgehead atoms. The third kappa shape index (κ3) is 4.07. The molecule has 2 rings (SSSR count). The number of benzene rings is 1. The first-order valence-electron chi connectivity index (χ1n) is 6.95. The summed E-state index contributed by atoms with van der Waals surface area (Å²) in [5.41, 5.74) is 1.00. The summed E-state index contributed by atoms with van der Waals surface area (Å²) in [5.74, 6) is 0.429. The van der Waals surface area contributed by atoms with Gasteiger partial charge in [-0.1, -0.05) is 15.9 Å². The molecule has 7 heteroatoms. The van der Waals surface area contributed by atoms with E-state index in [2.05, 4.69) is 37.2 Å².